The predicted octanol–water partition coefficient (Wildman–Crippen LogP) is 1.90. The van der Waals surface area contributed by atoms with Crippen molar-refractivity contribution in [2.24, 2.45) is 5.92 Å². The van der Waals surface area contributed by atoms with E-state index in [9.17, 15) is 0 Å². The van der Waals surface area contributed by atoms with Crippen molar-refractivity contribution < 1.29 is 0 Å². The lowest BCUT2D eigenvalue weighted by atomic mass is 9.73. The van der Waals surface area contributed by atoms with Crippen LogP contribution in [0.4, 0.5) is 0 Å². The number of fused-ring (bicyclic) bond motifs is 3. The Morgan fingerprint density at radius 3 is 2.47 bits per heavy atom. The van der Waals surface area contributed by atoms with Gasteiger partial charge in [-0.2, -0.15) is 0 Å². The second kappa shape index (κ2) is 4.04. The van der Waals surface area contributed by atoms with Crippen LogP contribution in [0.15, 0.2) is 0 Å². The Labute approximate surface area is 107 Å². The van der Waals surface area contributed by atoms with Gasteiger partial charge in [0, 0.05) is 11.4 Å². The summed E-state index contributed by atoms with van der Waals surface area (Å²) in [6, 6.07) is 0. The first-order valence-corrected chi connectivity index (χ1v) is 7.33. The fourth-order valence-electron chi connectivity index (χ4n) is 3.36. The van der Waals surface area contributed by atoms with Crippen LogP contribution in [0.5, 0.6) is 0 Å². The molecule has 3 aliphatic rings. The van der Waals surface area contributed by atoms with E-state index in [1.54, 1.807) is 0 Å². The number of aryl methyl sites for hydroxylation is 2. The van der Waals surface area contributed by atoms with Crippen LogP contribution in [0, 0.1) is 19.8 Å². The molecular weight excluding hydrogens is 230 g/mol. The van der Waals surface area contributed by atoms with Gasteiger partial charge in [-0.1, -0.05) is 0 Å². The van der Waals surface area contributed by atoms with Gasteiger partial charge in [0.2, 0.25) is 0 Å². The number of rotatable bonds is 2. The number of thiazole rings is 1. The summed E-state index contributed by atoms with van der Waals surface area (Å²) in [6.45, 7) is 8.00. The number of nitrogens with one attached hydrogen (secondary N) is 1. The molecule has 1 unspecified atom stereocenters. The minimum atomic E-state index is 0.125. The van der Waals surface area contributed by atoms with E-state index in [0.29, 0.717) is 0 Å². The molecule has 3 nitrogen and oxygen atoms in total. The highest BCUT2D eigenvalue weighted by molar-refractivity contribution is 7.11. The average Bonchev–Trinajstić information content (AvgIpc) is 2.71. The highest BCUT2D eigenvalue weighted by atomic mass is 32.1. The first kappa shape index (κ1) is 11.6. The van der Waals surface area contributed by atoms with Crippen molar-refractivity contribution in [3.05, 3.63) is 15.6 Å². The van der Waals surface area contributed by atoms with Crippen LogP contribution >= 0.6 is 11.3 Å². The number of hydrogen-bond donors (Lipinski definition) is 1. The summed E-state index contributed by atoms with van der Waals surface area (Å²) in [5, 5.41) is 4.92. The summed E-state index contributed by atoms with van der Waals surface area (Å²) in [7, 11) is 2.11. The van der Waals surface area contributed by atoms with E-state index in [-0.39, 0.29) is 5.54 Å². The molecule has 4 rings (SSSR count). The Balaban J connectivity index is 2.02. The van der Waals surface area contributed by atoms with E-state index in [2.05, 4.69) is 31.1 Å². The standard InChI is InChI=1S/C13H21N3S/c1-9-10(2)17-12(15-9)13(14-3)8-16-6-4-11(13)5-7-16/h11,14H,4-8H2,1-3H3. The van der Waals surface area contributed by atoms with Crippen molar-refractivity contribution in [3.8, 4) is 0 Å². The Hall–Kier alpha value is -0.450. The Morgan fingerprint density at radius 1 is 1.35 bits per heavy atom. The maximum atomic E-state index is 4.82. The zero-order valence-corrected chi connectivity index (χ0v) is 11.7. The van der Waals surface area contributed by atoms with Crippen molar-refractivity contribution in [1.82, 2.24) is 15.2 Å². The molecule has 1 N–H and O–H groups in total. The van der Waals surface area contributed by atoms with Crippen LogP contribution in [-0.2, 0) is 5.54 Å². The number of nitrogens with zero attached hydrogens (tertiary/aromatic N) is 2. The molecule has 3 fully saturated rings. The zero-order chi connectivity index (χ0) is 12.0. The molecule has 2 bridgehead atoms. The van der Waals surface area contributed by atoms with Crippen molar-refractivity contribution in [2.75, 3.05) is 26.7 Å². The molecule has 3 aliphatic heterocycles. The molecule has 0 amide bonds. The fraction of sp³-hybridized carbons (Fsp3) is 0.769. The summed E-state index contributed by atoms with van der Waals surface area (Å²) in [6.07, 6.45) is 2.64. The van der Waals surface area contributed by atoms with Crippen LogP contribution in [-0.4, -0.2) is 36.6 Å². The molecule has 0 aliphatic carbocycles. The quantitative estimate of drug-likeness (QED) is 0.870. The predicted molar refractivity (Wildman–Crippen MR) is 71.5 cm³/mol. The van der Waals surface area contributed by atoms with Crippen LogP contribution in [0.1, 0.15) is 28.4 Å². The third-order valence-electron chi connectivity index (χ3n) is 4.61. The highest BCUT2D eigenvalue weighted by Crippen LogP contribution is 2.43. The van der Waals surface area contributed by atoms with Gasteiger partial charge in [-0.3, -0.25) is 0 Å². The van der Waals surface area contributed by atoms with Crippen LogP contribution < -0.4 is 5.32 Å². The van der Waals surface area contributed by atoms with Crippen LogP contribution in [0.3, 0.4) is 0 Å². The van der Waals surface area contributed by atoms with E-state index < -0.39 is 0 Å². The minimum absolute atomic E-state index is 0.125. The molecule has 1 aromatic heterocycles. The van der Waals surface area contributed by atoms with Crippen LogP contribution in [0.25, 0.3) is 0 Å². The van der Waals surface area contributed by atoms with E-state index in [1.807, 2.05) is 11.3 Å². The molecule has 0 aromatic carbocycles. The van der Waals surface area contributed by atoms with Crippen LogP contribution in [0.2, 0.25) is 0 Å². The summed E-state index contributed by atoms with van der Waals surface area (Å²) < 4.78 is 0. The molecule has 0 saturated carbocycles. The smallest absolute Gasteiger partial charge is 0.115 e. The number of likely N-dealkylation sites (N-methyl/N-ethyl adjacent to an activating group) is 1. The molecule has 1 aromatic rings. The Kier molecular flexibility index (Phi) is 2.76. The fourth-order valence-corrected chi connectivity index (χ4v) is 4.54. The van der Waals surface area contributed by atoms with Crippen molar-refractivity contribution in [1.29, 1.82) is 0 Å². The molecule has 3 saturated heterocycles. The lowest BCUT2D eigenvalue weighted by Crippen LogP contribution is -2.62. The molecule has 0 radical (unpaired) electrons. The number of piperidine rings is 3. The van der Waals surface area contributed by atoms with Gasteiger partial charge >= 0.3 is 0 Å². The first-order chi connectivity index (χ1) is 8.15. The summed E-state index contributed by atoms with van der Waals surface area (Å²) in [5.41, 5.74) is 1.33. The number of aromatic nitrogens is 1. The van der Waals surface area contributed by atoms with Crippen molar-refractivity contribution >= 4 is 11.3 Å². The van der Waals surface area contributed by atoms with Crippen molar-refractivity contribution in [2.45, 2.75) is 32.2 Å². The third kappa shape index (κ3) is 1.65. The normalized spacial score (nSPS) is 36.4. The van der Waals surface area contributed by atoms with Gasteiger partial charge in [0.1, 0.15) is 5.01 Å². The molecular formula is C13H21N3S. The topological polar surface area (TPSA) is 28.2 Å². The molecule has 94 valence electrons. The van der Waals surface area contributed by atoms with Gasteiger partial charge in [-0.05, 0) is 52.7 Å². The summed E-state index contributed by atoms with van der Waals surface area (Å²) in [4.78, 5) is 8.78. The number of hydrogen-bond acceptors (Lipinski definition) is 4. The average molecular weight is 251 g/mol. The lowest BCUT2D eigenvalue weighted by molar-refractivity contribution is 0.00746. The molecule has 4 heterocycles. The van der Waals surface area contributed by atoms with Crippen molar-refractivity contribution in [3.63, 3.8) is 0 Å². The lowest BCUT2D eigenvalue weighted by Gasteiger charge is -2.52. The van der Waals surface area contributed by atoms with Gasteiger partial charge in [-0.15, -0.1) is 11.3 Å². The van der Waals surface area contributed by atoms with E-state index in [4.69, 9.17) is 4.98 Å². The van der Waals surface area contributed by atoms with E-state index >= 15 is 0 Å². The molecule has 1 atom stereocenters. The molecule has 4 heteroatoms. The minimum Gasteiger partial charge on any atom is -0.307 e. The SMILES string of the molecule is CNC1(c2nc(C)c(C)s2)CN2CCC1CC2. The second-order valence-electron chi connectivity index (χ2n) is 5.43. The zero-order valence-electron chi connectivity index (χ0n) is 10.9. The van der Waals surface area contributed by atoms with Gasteiger partial charge in [0.15, 0.2) is 0 Å². The summed E-state index contributed by atoms with van der Waals surface area (Å²) in [5.74, 6) is 0.766. The van der Waals surface area contributed by atoms with E-state index in [1.165, 1.54) is 41.5 Å². The maximum Gasteiger partial charge on any atom is 0.115 e. The Morgan fingerprint density at radius 2 is 2.06 bits per heavy atom. The molecule has 17 heavy (non-hydrogen) atoms. The van der Waals surface area contributed by atoms with E-state index in [0.717, 1.165) is 12.5 Å². The first-order valence-electron chi connectivity index (χ1n) is 6.51. The third-order valence-corrected chi connectivity index (χ3v) is 5.86. The maximum absolute atomic E-state index is 4.82. The highest BCUT2D eigenvalue weighted by Gasteiger charge is 2.48. The summed E-state index contributed by atoms with van der Waals surface area (Å²) >= 11 is 1.88. The largest absolute Gasteiger partial charge is 0.307 e. The van der Waals surface area contributed by atoms with Gasteiger partial charge < -0.3 is 10.2 Å². The molecule has 0 spiro atoms. The van der Waals surface area contributed by atoms with Gasteiger partial charge in [0.05, 0.1) is 11.2 Å². The Bertz CT molecular complexity index is 401. The second-order valence-corrected chi connectivity index (χ2v) is 6.64. The monoisotopic (exact) mass is 251 g/mol. The van der Waals surface area contributed by atoms with Gasteiger partial charge in [-0.25, -0.2) is 4.98 Å². The van der Waals surface area contributed by atoms with Gasteiger partial charge in [0.25, 0.3) is 0 Å².